The molecule has 2 aromatic rings. The summed E-state index contributed by atoms with van der Waals surface area (Å²) in [6.45, 7) is 7.38. The summed E-state index contributed by atoms with van der Waals surface area (Å²) in [4.78, 5) is 20.6. The number of carbonyl (C=O) groups is 1. The Morgan fingerprint density at radius 2 is 1.67 bits per heavy atom. The van der Waals surface area contributed by atoms with Crippen LogP contribution >= 0.6 is 0 Å². The molecule has 0 bridgehead atoms. The maximum Gasteiger partial charge on any atom is 0.311 e. The number of esters is 1. The highest BCUT2D eigenvalue weighted by molar-refractivity contribution is 5.72. The van der Waals surface area contributed by atoms with E-state index in [1.165, 1.54) is 25.7 Å². The first kappa shape index (κ1) is 23.8. The third kappa shape index (κ3) is 8.93. The molecular formula is C25H36N2O3. The molecule has 0 amide bonds. The normalized spacial score (nSPS) is 11.8. The fraction of sp³-hybridized carbons (Fsp3) is 0.560. The number of carbonyl (C=O) groups excluding carboxylic acids is 1. The first-order valence-electron chi connectivity index (χ1n) is 11.4. The van der Waals surface area contributed by atoms with E-state index in [9.17, 15) is 4.79 Å². The predicted octanol–water partition coefficient (Wildman–Crippen LogP) is 6.61. The van der Waals surface area contributed by atoms with Crippen LogP contribution in [0, 0.1) is 5.92 Å². The molecule has 0 aliphatic carbocycles. The maximum absolute atomic E-state index is 12.0. The van der Waals surface area contributed by atoms with Crippen LogP contribution in [-0.2, 0) is 4.79 Å². The second kappa shape index (κ2) is 13.7. The topological polar surface area (TPSA) is 61.3 Å². The van der Waals surface area contributed by atoms with Gasteiger partial charge in [0.1, 0.15) is 5.75 Å². The summed E-state index contributed by atoms with van der Waals surface area (Å²) in [6.07, 6.45) is 12.6. The van der Waals surface area contributed by atoms with Crippen molar-refractivity contribution < 1.29 is 14.3 Å². The van der Waals surface area contributed by atoms with Gasteiger partial charge in [0.25, 0.3) is 0 Å². The highest BCUT2D eigenvalue weighted by Crippen LogP contribution is 2.21. The third-order valence-corrected chi connectivity index (χ3v) is 5.26. The minimum absolute atomic E-state index is 0.226. The van der Waals surface area contributed by atoms with Gasteiger partial charge in [0, 0.05) is 12.0 Å². The lowest BCUT2D eigenvalue weighted by atomic mass is 10.0. The number of ether oxygens (including phenoxy) is 2. The van der Waals surface area contributed by atoms with Crippen molar-refractivity contribution in [3.63, 3.8) is 0 Å². The summed E-state index contributed by atoms with van der Waals surface area (Å²) in [5.41, 5.74) is 0.899. The van der Waals surface area contributed by atoms with Gasteiger partial charge in [0.15, 0.2) is 11.6 Å². The fourth-order valence-electron chi connectivity index (χ4n) is 3.09. The van der Waals surface area contributed by atoms with Crippen LogP contribution in [0.15, 0.2) is 36.7 Å². The summed E-state index contributed by atoms with van der Waals surface area (Å²) in [5, 5.41) is 0. The molecule has 0 N–H and O–H groups in total. The SMILES string of the molecule is CCCCCCOc1ccc(-c2ncc(OC(=O)CCCCC(C)CC)cn2)cc1. The molecule has 0 saturated heterocycles. The Hall–Kier alpha value is -2.43. The molecule has 0 radical (unpaired) electrons. The first-order chi connectivity index (χ1) is 14.6. The van der Waals surface area contributed by atoms with Crippen LogP contribution in [0.4, 0.5) is 0 Å². The molecule has 5 heteroatoms. The molecule has 5 nitrogen and oxygen atoms in total. The van der Waals surface area contributed by atoms with Gasteiger partial charge in [-0.15, -0.1) is 0 Å². The van der Waals surface area contributed by atoms with E-state index in [1.54, 1.807) is 12.4 Å². The zero-order chi connectivity index (χ0) is 21.6. The summed E-state index contributed by atoms with van der Waals surface area (Å²) in [6, 6.07) is 7.76. The highest BCUT2D eigenvalue weighted by Gasteiger charge is 2.08. The number of hydrogen-bond acceptors (Lipinski definition) is 5. The average molecular weight is 413 g/mol. The minimum atomic E-state index is -0.226. The Morgan fingerprint density at radius 3 is 2.33 bits per heavy atom. The second-order valence-electron chi connectivity index (χ2n) is 7.91. The van der Waals surface area contributed by atoms with Crippen LogP contribution in [0.25, 0.3) is 11.4 Å². The Bertz CT molecular complexity index is 729. The Labute approximate surface area is 181 Å². The lowest BCUT2D eigenvalue weighted by Crippen LogP contribution is -2.08. The van der Waals surface area contributed by atoms with E-state index >= 15 is 0 Å². The van der Waals surface area contributed by atoms with Crippen molar-refractivity contribution in [2.24, 2.45) is 5.92 Å². The molecule has 2 rings (SSSR count). The molecule has 30 heavy (non-hydrogen) atoms. The van der Waals surface area contributed by atoms with Crippen molar-refractivity contribution in [2.45, 2.75) is 78.6 Å². The number of hydrogen-bond donors (Lipinski definition) is 0. The molecule has 1 aromatic carbocycles. The second-order valence-corrected chi connectivity index (χ2v) is 7.91. The van der Waals surface area contributed by atoms with E-state index < -0.39 is 0 Å². The van der Waals surface area contributed by atoms with Crippen LogP contribution in [0.3, 0.4) is 0 Å². The van der Waals surface area contributed by atoms with E-state index in [4.69, 9.17) is 9.47 Å². The number of benzene rings is 1. The van der Waals surface area contributed by atoms with Gasteiger partial charge in [-0.2, -0.15) is 0 Å². The molecule has 0 saturated carbocycles. The summed E-state index contributed by atoms with van der Waals surface area (Å²) >= 11 is 0. The summed E-state index contributed by atoms with van der Waals surface area (Å²) in [7, 11) is 0. The largest absolute Gasteiger partial charge is 0.494 e. The molecule has 0 spiro atoms. The van der Waals surface area contributed by atoms with E-state index in [0.29, 0.717) is 23.9 Å². The number of nitrogens with zero attached hydrogens (tertiary/aromatic N) is 2. The van der Waals surface area contributed by atoms with E-state index in [0.717, 1.165) is 43.6 Å². The van der Waals surface area contributed by atoms with Crippen molar-refractivity contribution in [1.82, 2.24) is 9.97 Å². The monoisotopic (exact) mass is 412 g/mol. The molecular weight excluding hydrogens is 376 g/mol. The van der Waals surface area contributed by atoms with Gasteiger partial charge >= 0.3 is 5.97 Å². The van der Waals surface area contributed by atoms with E-state index in [-0.39, 0.29) is 5.97 Å². The highest BCUT2D eigenvalue weighted by atomic mass is 16.5. The van der Waals surface area contributed by atoms with Crippen LogP contribution in [0.5, 0.6) is 11.5 Å². The Morgan fingerprint density at radius 1 is 0.933 bits per heavy atom. The lowest BCUT2D eigenvalue weighted by Gasteiger charge is -2.08. The molecule has 1 unspecified atom stereocenters. The van der Waals surface area contributed by atoms with E-state index in [2.05, 4.69) is 30.7 Å². The molecule has 0 aliphatic heterocycles. The van der Waals surface area contributed by atoms with Crippen molar-refractivity contribution in [1.29, 1.82) is 0 Å². The molecule has 1 heterocycles. The molecule has 0 fully saturated rings. The van der Waals surface area contributed by atoms with Crippen LogP contribution in [-0.4, -0.2) is 22.5 Å². The van der Waals surface area contributed by atoms with Crippen molar-refractivity contribution >= 4 is 5.97 Å². The number of aromatic nitrogens is 2. The standard InChI is InChI=1S/C25H36N2O3/c1-4-6-7-10-17-29-22-15-13-21(14-16-22)25-26-18-23(19-27-25)30-24(28)12-9-8-11-20(3)5-2/h13-16,18-20H,4-12,17H2,1-3H3. The Balaban J connectivity index is 1.76. The van der Waals surface area contributed by atoms with Gasteiger partial charge in [0.05, 0.1) is 19.0 Å². The van der Waals surface area contributed by atoms with Gasteiger partial charge in [-0.25, -0.2) is 9.97 Å². The van der Waals surface area contributed by atoms with Gasteiger partial charge < -0.3 is 9.47 Å². The van der Waals surface area contributed by atoms with Crippen molar-refractivity contribution in [3.05, 3.63) is 36.7 Å². The molecule has 164 valence electrons. The van der Waals surface area contributed by atoms with Gasteiger partial charge in [-0.3, -0.25) is 4.79 Å². The zero-order valence-electron chi connectivity index (χ0n) is 18.7. The third-order valence-electron chi connectivity index (χ3n) is 5.26. The molecule has 1 atom stereocenters. The van der Waals surface area contributed by atoms with Crippen LogP contribution in [0.2, 0.25) is 0 Å². The average Bonchev–Trinajstić information content (AvgIpc) is 2.77. The van der Waals surface area contributed by atoms with E-state index in [1.807, 2.05) is 24.3 Å². The summed E-state index contributed by atoms with van der Waals surface area (Å²) < 4.78 is 11.1. The van der Waals surface area contributed by atoms with Gasteiger partial charge in [-0.1, -0.05) is 59.3 Å². The zero-order valence-corrected chi connectivity index (χ0v) is 18.7. The van der Waals surface area contributed by atoms with Crippen molar-refractivity contribution in [2.75, 3.05) is 6.61 Å². The molecule has 1 aromatic heterocycles. The fourth-order valence-corrected chi connectivity index (χ4v) is 3.09. The van der Waals surface area contributed by atoms with Gasteiger partial charge in [-0.05, 0) is 43.0 Å². The number of rotatable bonds is 14. The number of unbranched alkanes of at least 4 members (excludes halogenated alkanes) is 4. The predicted molar refractivity (Wildman–Crippen MR) is 121 cm³/mol. The first-order valence-corrected chi connectivity index (χ1v) is 11.4. The maximum atomic E-state index is 12.0. The van der Waals surface area contributed by atoms with Crippen molar-refractivity contribution in [3.8, 4) is 22.9 Å². The van der Waals surface area contributed by atoms with Gasteiger partial charge in [0.2, 0.25) is 0 Å². The van der Waals surface area contributed by atoms with Crippen LogP contribution < -0.4 is 9.47 Å². The smallest absolute Gasteiger partial charge is 0.311 e. The van der Waals surface area contributed by atoms with Crippen LogP contribution in [0.1, 0.15) is 78.6 Å². The minimum Gasteiger partial charge on any atom is -0.494 e. The summed E-state index contributed by atoms with van der Waals surface area (Å²) in [5.74, 6) is 2.33. The lowest BCUT2D eigenvalue weighted by molar-refractivity contribution is -0.134. The quantitative estimate of drug-likeness (QED) is 0.258. The Kier molecular flexibility index (Phi) is 10.9. The molecule has 0 aliphatic rings.